The van der Waals surface area contributed by atoms with Crippen molar-refractivity contribution in [3.8, 4) is 0 Å². The molecule has 0 aliphatic carbocycles. The largest absolute Gasteiger partial charge is 0.394 e. The summed E-state index contributed by atoms with van der Waals surface area (Å²) in [7, 11) is 0. The van der Waals surface area contributed by atoms with Crippen molar-refractivity contribution in [1.82, 2.24) is 5.32 Å². The van der Waals surface area contributed by atoms with Gasteiger partial charge in [-0.3, -0.25) is 4.79 Å². The van der Waals surface area contributed by atoms with Crippen LogP contribution in [0.3, 0.4) is 0 Å². The Kier molecular flexibility index (Phi) is 6.56. The van der Waals surface area contributed by atoms with Crippen LogP contribution >= 0.6 is 11.6 Å². The Morgan fingerprint density at radius 2 is 1.74 bits per heavy atom. The Bertz CT molecular complexity index is 1030. The molecule has 3 aromatic rings. The van der Waals surface area contributed by atoms with E-state index in [1.807, 2.05) is 71.6 Å². The summed E-state index contributed by atoms with van der Waals surface area (Å²) < 4.78 is 0. The number of hydrogen-bond acceptors (Lipinski definition) is 4. The molecule has 0 radical (unpaired) electrons. The number of aliphatic hydroxyl groups excluding tert-OH is 2. The van der Waals surface area contributed by atoms with E-state index in [0.29, 0.717) is 18.5 Å². The Morgan fingerprint density at radius 3 is 2.42 bits per heavy atom. The molecule has 4 rings (SSSR count). The van der Waals surface area contributed by atoms with Crippen LogP contribution in [0.25, 0.3) is 0 Å². The molecule has 31 heavy (non-hydrogen) atoms. The second-order valence-electron chi connectivity index (χ2n) is 7.66. The van der Waals surface area contributed by atoms with Gasteiger partial charge in [0.1, 0.15) is 11.6 Å². The van der Waals surface area contributed by atoms with E-state index < -0.39 is 12.1 Å². The third-order valence-electron chi connectivity index (χ3n) is 5.59. The van der Waals surface area contributed by atoms with E-state index >= 15 is 0 Å². The molecule has 5 nitrogen and oxygen atoms in total. The van der Waals surface area contributed by atoms with E-state index in [0.717, 1.165) is 22.4 Å². The predicted molar refractivity (Wildman–Crippen MR) is 122 cm³/mol. The lowest BCUT2D eigenvalue weighted by atomic mass is 9.99. The molecular weight excluding hydrogens is 412 g/mol. The summed E-state index contributed by atoms with van der Waals surface area (Å²) in [5.41, 5.74) is 4.13. The van der Waals surface area contributed by atoms with Crippen molar-refractivity contribution in [3.63, 3.8) is 0 Å². The number of rotatable bonds is 7. The van der Waals surface area contributed by atoms with Crippen LogP contribution in [0.2, 0.25) is 0 Å². The molecule has 160 valence electrons. The molecule has 0 saturated heterocycles. The molecule has 0 saturated carbocycles. The zero-order valence-electron chi connectivity index (χ0n) is 17.0. The number of amides is 1. The van der Waals surface area contributed by atoms with Crippen molar-refractivity contribution in [1.29, 1.82) is 0 Å². The van der Waals surface area contributed by atoms with E-state index in [-0.39, 0.29) is 18.0 Å². The number of halogens is 1. The minimum absolute atomic E-state index is 0.117. The number of carbonyl (C=O) groups is 1. The van der Waals surface area contributed by atoms with Crippen LogP contribution in [-0.4, -0.2) is 34.3 Å². The second-order valence-corrected chi connectivity index (χ2v) is 8.17. The molecule has 3 aromatic carbocycles. The standard InChI is InChI=1S/C25H25ClN2O3/c26-23-14-20-13-17(15-27-25(31)19-9-5-2-6-10-19)11-12-21(20)28(23)24(22(30)16-29)18-7-3-1-4-8-18/h1-13,22-24,29-30H,14-16H2,(H,27,31)/t22-,23?,24+/m1/s1. The number of nitrogens with one attached hydrogen (secondary N) is 1. The van der Waals surface area contributed by atoms with Crippen molar-refractivity contribution in [2.24, 2.45) is 0 Å². The average Bonchev–Trinajstić information content (AvgIpc) is 3.13. The number of alkyl halides is 1. The van der Waals surface area contributed by atoms with Crippen LogP contribution in [0.5, 0.6) is 0 Å². The summed E-state index contributed by atoms with van der Waals surface area (Å²) >= 11 is 6.71. The number of hydrogen-bond donors (Lipinski definition) is 3. The highest BCUT2D eigenvalue weighted by atomic mass is 35.5. The van der Waals surface area contributed by atoms with E-state index in [9.17, 15) is 15.0 Å². The maximum absolute atomic E-state index is 12.3. The Hall–Kier alpha value is -2.86. The van der Waals surface area contributed by atoms with Gasteiger partial charge in [0.2, 0.25) is 0 Å². The fourth-order valence-electron chi connectivity index (χ4n) is 4.11. The Labute approximate surface area is 186 Å². The number of carbonyl (C=O) groups excluding carboxylic acids is 1. The maximum atomic E-state index is 12.3. The predicted octanol–water partition coefficient (Wildman–Crippen LogP) is 3.64. The normalized spacial score (nSPS) is 17.1. The molecule has 0 bridgehead atoms. The minimum atomic E-state index is -0.973. The average molecular weight is 437 g/mol. The van der Waals surface area contributed by atoms with E-state index in [4.69, 9.17) is 11.6 Å². The van der Waals surface area contributed by atoms with Gasteiger partial charge in [0.15, 0.2) is 0 Å². The van der Waals surface area contributed by atoms with Crippen molar-refractivity contribution < 1.29 is 15.0 Å². The lowest BCUT2D eigenvalue weighted by Crippen LogP contribution is -2.40. The van der Waals surface area contributed by atoms with Gasteiger partial charge in [-0.15, -0.1) is 0 Å². The number of fused-ring (bicyclic) bond motifs is 1. The SMILES string of the molecule is O=C(NCc1ccc2c(c1)CC(Cl)N2[C@@H](c1ccccc1)[C@H](O)CO)c1ccccc1. The first-order valence-corrected chi connectivity index (χ1v) is 10.7. The molecule has 1 aliphatic heterocycles. The van der Waals surface area contributed by atoms with Crippen molar-refractivity contribution >= 4 is 23.2 Å². The fourth-order valence-corrected chi connectivity index (χ4v) is 4.50. The monoisotopic (exact) mass is 436 g/mol. The molecule has 0 fully saturated rings. The fraction of sp³-hybridized carbons (Fsp3) is 0.240. The van der Waals surface area contributed by atoms with Gasteiger partial charge in [0.25, 0.3) is 5.91 Å². The number of aliphatic hydroxyl groups is 2. The molecule has 6 heteroatoms. The molecular formula is C25H25ClN2O3. The first kappa shape index (κ1) is 21.4. The molecule has 0 aromatic heterocycles. The van der Waals surface area contributed by atoms with Crippen molar-refractivity contribution in [2.45, 2.75) is 30.6 Å². The maximum Gasteiger partial charge on any atom is 0.251 e. The molecule has 1 amide bonds. The molecule has 1 heterocycles. The quantitative estimate of drug-likeness (QED) is 0.390. The first-order valence-electron chi connectivity index (χ1n) is 10.3. The van der Waals surface area contributed by atoms with E-state index in [2.05, 4.69) is 5.32 Å². The number of benzene rings is 3. The van der Waals surface area contributed by atoms with Gasteiger partial charge in [-0.25, -0.2) is 0 Å². The van der Waals surface area contributed by atoms with Gasteiger partial charge in [-0.1, -0.05) is 72.3 Å². The Balaban J connectivity index is 1.55. The van der Waals surface area contributed by atoms with Crippen molar-refractivity contribution in [3.05, 3.63) is 101 Å². The van der Waals surface area contributed by atoms with Crippen LogP contribution in [-0.2, 0) is 13.0 Å². The third-order valence-corrected chi connectivity index (χ3v) is 5.96. The molecule has 1 unspecified atom stereocenters. The lowest BCUT2D eigenvalue weighted by molar-refractivity contribution is 0.0710. The van der Waals surface area contributed by atoms with E-state index in [1.54, 1.807) is 12.1 Å². The summed E-state index contributed by atoms with van der Waals surface area (Å²) in [6, 6.07) is 24.2. The zero-order chi connectivity index (χ0) is 21.8. The third kappa shape index (κ3) is 4.59. The highest BCUT2D eigenvalue weighted by molar-refractivity contribution is 6.22. The van der Waals surface area contributed by atoms with Crippen LogP contribution in [0, 0.1) is 0 Å². The van der Waals surface area contributed by atoms with Crippen LogP contribution in [0.4, 0.5) is 5.69 Å². The summed E-state index contributed by atoms with van der Waals surface area (Å²) in [6.45, 7) is 0.0495. The van der Waals surface area contributed by atoms with Crippen LogP contribution < -0.4 is 10.2 Å². The minimum Gasteiger partial charge on any atom is -0.394 e. The molecule has 0 spiro atoms. The van der Waals surface area contributed by atoms with Gasteiger partial charge in [-0.2, -0.15) is 0 Å². The Morgan fingerprint density at radius 1 is 1.06 bits per heavy atom. The highest BCUT2D eigenvalue weighted by Crippen LogP contribution is 2.42. The van der Waals surface area contributed by atoms with Gasteiger partial charge in [-0.05, 0) is 34.9 Å². The summed E-state index contributed by atoms with van der Waals surface area (Å²) in [4.78, 5) is 14.3. The summed E-state index contributed by atoms with van der Waals surface area (Å²) in [6.07, 6.45) is -0.363. The van der Waals surface area contributed by atoms with Gasteiger partial charge in [0.05, 0.1) is 12.6 Å². The zero-order valence-corrected chi connectivity index (χ0v) is 17.7. The summed E-state index contributed by atoms with van der Waals surface area (Å²) in [5, 5.41) is 23.2. The van der Waals surface area contributed by atoms with Gasteiger partial charge >= 0.3 is 0 Å². The van der Waals surface area contributed by atoms with Gasteiger partial charge in [0, 0.05) is 24.2 Å². The van der Waals surface area contributed by atoms with Crippen molar-refractivity contribution in [2.75, 3.05) is 11.5 Å². The summed E-state index contributed by atoms with van der Waals surface area (Å²) in [5.74, 6) is -0.117. The van der Waals surface area contributed by atoms with E-state index in [1.165, 1.54) is 0 Å². The van der Waals surface area contributed by atoms with Gasteiger partial charge < -0.3 is 20.4 Å². The number of nitrogens with zero attached hydrogens (tertiary/aromatic N) is 1. The number of anilines is 1. The molecule has 1 aliphatic rings. The topological polar surface area (TPSA) is 72.8 Å². The molecule has 3 N–H and O–H groups in total. The highest BCUT2D eigenvalue weighted by Gasteiger charge is 2.37. The second kappa shape index (κ2) is 9.52. The first-order chi connectivity index (χ1) is 15.1. The molecule has 3 atom stereocenters. The lowest BCUT2D eigenvalue weighted by Gasteiger charge is -2.36. The smallest absolute Gasteiger partial charge is 0.251 e. The van der Waals surface area contributed by atoms with Crippen LogP contribution in [0.15, 0.2) is 78.9 Å². The van der Waals surface area contributed by atoms with Crippen LogP contribution in [0.1, 0.15) is 33.1 Å².